The molecule has 2 heterocycles. The number of benzene rings is 1. The summed E-state index contributed by atoms with van der Waals surface area (Å²) in [7, 11) is 0. The number of thioether (sulfide) groups is 1. The second-order valence-corrected chi connectivity index (χ2v) is 6.44. The van der Waals surface area contributed by atoms with E-state index in [1.165, 1.54) is 30.3 Å². The van der Waals surface area contributed by atoms with Crippen molar-refractivity contribution in [1.82, 2.24) is 4.90 Å². The quantitative estimate of drug-likeness (QED) is 0.782. The van der Waals surface area contributed by atoms with Gasteiger partial charge in [-0.2, -0.15) is 13.2 Å². The third kappa shape index (κ3) is 4.05. The van der Waals surface area contributed by atoms with Gasteiger partial charge in [0.1, 0.15) is 18.1 Å². The third-order valence-electron chi connectivity index (χ3n) is 3.54. The number of alkyl halides is 3. The van der Waals surface area contributed by atoms with Gasteiger partial charge in [-0.3, -0.25) is 19.3 Å². The van der Waals surface area contributed by atoms with Crippen LogP contribution in [0.15, 0.2) is 45.7 Å². The molecule has 2 amide bonds. The molecular formula is C17H10F3NO5S. The molecule has 0 saturated carbocycles. The maximum atomic E-state index is 12.8. The maximum Gasteiger partial charge on any atom is 0.416 e. The zero-order valence-corrected chi connectivity index (χ0v) is 14.1. The summed E-state index contributed by atoms with van der Waals surface area (Å²) in [6.07, 6.45) is -3.25. The molecule has 1 aliphatic rings. The minimum atomic E-state index is -4.49. The highest BCUT2D eigenvalue weighted by Crippen LogP contribution is 2.35. The number of amides is 2. The number of halogens is 3. The van der Waals surface area contributed by atoms with Crippen LogP contribution in [0.3, 0.4) is 0 Å². The summed E-state index contributed by atoms with van der Waals surface area (Å²) in [6.45, 7) is -0.754. The Hall–Kier alpha value is -3.01. The molecule has 27 heavy (non-hydrogen) atoms. The van der Waals surface area contributed by atoms with Crippen molar-refractivity contribution < 1.29 is 37.1 Å². The van der Waals surface area contributed by atoms with Gasteiger partial charge in [0.2, 0.25) is 0 Å². The molecule has 1 aromatic heterocycles. The van der Waals surface area contributed by atoms with Crippen LogP contribution in [-0.4, -0.2) is 33.7 Å². The van der Waals surface area contributed by atoms with Crippen LogP contribution in [0.4, 0.5) is 18.0 Å². The molecule has 1 fully saturated rings. The van der Waals surface area contributed by atoms with E-state index in [0.29, 0.717) is 16.7 Å². The molecule has 1 saturated heterocycles. The van der Waals surface area contributed by atoms with Gasteiger partial charge in [-0.25, -0.2) is 0 Å². The molecule has 1 aromatic carbocycles. The van der Waals surface area contributed by atoms with Crippen molar-refractivity contribution in [2.45, 2.75) is 6.18 Å². The number of nitrogens with zero attached hydrogens (tertiary/aromatic N) is 1. The van der Waals surface area contributed by atoms with Crippen molar-refractivity contribution in [3.05, 3.63) is 52.6 Å². The number of carbonyl (C=O) groups excluding carboxylic acids is 2. The zero-order valence-electron chi connectivity index (χ0n) is 13.3. The van der Waals surface area contributed by atoms with E-state index in [4.69, 9.17) is 9.52 Å². The summed E-state index contributed by atoms with van der Waals surface area (Å²) in [5.74, 6) is -1.81. The van der Waals surface area contributed by atoms with E-state index >= 15 is 0 Å². The molecule has 0 radical (unpaired) electrons. The fourth-order valence-electron chi connectivity index (χ4n) is 2.34. The minimum Gasteiger partial charge on any atom is -0.480 e. The zero-order chi connectivity index (χ0) is 19.8. The molecule has 1 aliphatic heterocycles. The summed E-state index contributed by atoms with van der Waals surface area (Å²) in [4.78, 5) is 35.0. The Bertz CT molecular complexity index is 963. The molecule has 10 heteroatoms. The lowest BCUT2D eigenvalue weighted by molar-refractivity contribution is -0.140. The largest absolute Gasteiger partial charge is 0.480 e. The van der Waals surface area contributed by atoms with Gasteiger partial charge in [0.05, 0.1) is 10.5 Å². The van der Waals surface area contributed by atoms with Gasteiger partial charge in [-0.1, -0.05) is 12.1 Å². The molecule has 0 bridgehead atoms. The molecule has 0 spiro atoms. The lowest BCUT2D eigenvalue weighted by Gasteiger charge is -2.07. The van der Waals surface area contributed by atoms with Gasteiger partial charge in [-0.05, 0) is 36.0 Å². The van der Waals surface area contributed by atoms with E-state index in [0.717, 1.165) is 12.1 Å². The number of imide groups is 1. The SMILES string of the molecule is O=C(O)CN1C(=O)S/C(=C\c2ccc(-c3cccc(C(F)(F)F)c3)o2)C1=O. The molecule has 3 rings (SSSR count). The summed E-state index contributed by atoms with van der Waals surface area (Å²) in [5.41, 5.74) is -0.629. The fraction of sp³-hybridized carbons (Fsp3) is 0.118. The monoisotopic (exact) mass is 397 g/mol. The number of hydrogen-bond donors (Lipinski definition) is 1. The normalized spacial score (nSPS) is 16.4. The second-order valence-electron chi connectivity index (χ2n) is 5.44. The standard InChI is InChI=1S/C17H10F3NO5S/c18-17(19,20)10-3-1-2-9(6-10)12-5-4-11(26-12)7-13-15(24)21(8-14(22)23)16(25)27-13/h1-7H,8H2,(H,22,23)/b13-7-. The van der Waals surface area contributed by atoms with Gasteiger partial charge in [0.15, 0.2) is 0 Å². The first-order valence-electron chi connectivity index (χ1n) is 7.40. The molecule has 0 aliphatic carbocycles. The van der Waals surface area contributed by atoms with E-state index in [1.54, 1.807) is 0 Å². The number of hydrogen-bond acceptors (Lipinski definition) is 5. The third-order valence-corrected chi connectivity index (χ3v) is 4.45. The average Bonchev–Trinajstić information content (AvgIpc) is 3.15. The van der Waals surface area contributed by atoms with E-state index in [-0.39, 0.29) is 22.0 Å². The van der Waals surface area contributed by atoms with Gasteiger partial charge in [-0.15, -0.1) is 0 Å². The molecular weight excluding hydrogens is 387 g/mol. The van der Waals surface area contributed by atoms with Crippen LogP contribution >= 0.6 is 11.8 Å². The van der Waals surface area contributed by atoms with Crippen LogP contribution in [0.2, 0.25) is 0 Å². The first-order chi connectivity index (χ1) is 12.6. The molecule has 0 unspecified atom stereocenters. The number of carboxylic acid groups (broad SMARTS) is 1. The number of furan rings is 1. The smallest absolute Gasteiger partial charge is 0.416 e. The Kier molecular flexibility index (Phi) is 4.83. The highest BCUT2D eigenvalue weighted by atomic mass is 32.2. The highest BCUT2D eigenvalue weighted by molar-refractivity contribution is 8.18. The first kappa shape index (κ1) is 18.8. The van der Waals surface area contributed by atoms with Crippen LogP contribution in [-0.2, 0) is 15.8 Å². The van der Waals surface area contributed by atoms with Crippen molar-refractivity contribution in [2.75, 3.05) is 6.54 Å². The van der Waals surface area contributed by atoms with Gasteiger partial charge in [0.25, 0.3) is 11.1 Å². The van der Waals surface area contributed by atoms with Crippen LogP contribution in [0.25, 0.3) is 17.4 Å². The van der Waals surface area contributed by atoms with E-state index < -0.39 is 35.4 Å². The van der Waals surface area contributed by atoms with Gasteiger partial charge < -0.3 is 9.52 Å². The Balaban J connectivity index is 1.85. The molecule has 1 N–H and O–H groups in total. The summed E-state index contributed by atoms with van der Waals surface area (Å²) in [5, 5.41) is 8.00. The number of rotatable bonds is 4. The number of carbonyl (C=O) groups is 3. The summed E-state index contributed by atoms with van der Waals surface area (Å²) < 4.78 is 43.9. The van der Waals surface area contributed by atoms with E-state index in [2.05, 4.69) is 0 Å². The molecule has 2 aromatic rings. The van der Waals surface area contributed by atoms with Crippen LogP contribution in [0, 0.1) is 0 Å². The second kappa shape index (κ2) is 6.95. The molecule has 0 atom stereocenters. The van der Waals surface area contributed by atoms with Crippen molar-refractivity contribution in [3.8, 4) is 11.3 Å². The lowest BCUT2D eigenvalue weighted by Crippen LogP contribution is -2.33. The lowest BCUT2D eigenvalue weighted by atomic mass is 10.1. The van der Waals surface area contributed by atoms with Crippen LogP contribution in [0.1, 0.15) is 11.3 Å². The van der Waals surface area contributed by atoms with Crippen molar-refractivity contribution in [3.63, 3.8) is 0 Å². The number of carboxylic acids is 1. The fourth-order valence-corrected chi connectivity index (χ4v) is 3.15. The average molecular weight is 397 g/mol. The number of aliphatic carboxylic acids is 1. The van der Waals surface area contributed by atoms with Gasteiger partial charge in [0, 0.05) is 11.6 Å². The van der Waals surface area contributed by atoms with E-state index in [9.17, 15) is 27.6 Å². The predicted molar refractivity (Wildman–Crippen MR) is 89.5 cm³/mol. The Morgan fingerprint density at radius 2 is 1.96 bits per heavy atom. The Labute approximate surface area is 154 Å². The van der Waals surface area contributed by atoms with Crippen molar-refractivity contribution >= 4 is 35.0 Å². The van der Waals surface area contributed by atoms with Crippen LogP contribution < -0.4 is 0 Å². The topological polar surface area (TPSA) is 87.8 Å². The highest BCUT2D eigenvalue weighted by Gasteiger charge is 2.36. The van der Waals surface area contributed by atoms with Crippen LogP contribution in [0.5, 0.6) is 0 Å². The minimum absolute atomic E-state index is 0.0359. The molecule has 140 valence electrons. The maximum absolute atomic E-state index is 12.8. The Morgan fingerprint density at radius 1 is 1.22 bits per heavy atom. The van der Waals surface area contributed by atoms with Gasteiger partial charge >= 0.3 is 12.1 Å². The molecule has 6 nitrogen and oxygen atoms in total. The van der Waals surface area contributed by atoms with Crippen molar-refractivity contribution in [1.29, 1.82) is 0 Å². The summed E-state index contributed by atoms with van der Waals surface area (Å²) >= 11 is 0.556. The van der Waals surface area contributed by atoms with Crippen molar-refractivity contribution in [2.24, 2.45) is 0 Å². The first-order valence-corrected chi connectivity index (χ1v) is 8.21. The predicted octanol–water partition coefficient (Wildman–Crippen LogP) is 4.09. The Morgan fingerprint density at radius 3 is 2.63 bits per heavy atom. The van der Waals surface area contributed by atoms with E-state index in [1.807, 2.05) is 0 Å². The summed E-state index contributed by atoms with van der Waals surface area (Å²) in [6, 6.07) is 7.43.